The summed E-state index contributed by atoms with van der Waals surface area (Å²) in [4.78, 5) is 11.2. The molecule has 0 saturated heterocycles. The highest BCUT2D eigenvalue weighted by atomic mass is 16.5. The maximum Gasteiger partial charge on any atom is 0.333 e. The van der Waals surface area contributed by atoms with Crippen LogP contribution in [0.1, 0.15) is 44.6 Å². The number of carbonyl (C=O) groups excluding carboxylic acids is 1. The summed E-state index contributed by atoms with van der Waals surface area (Å²) in [6, 6.07) is 16.8. The summed E-state index contributed by atoms with van der Waals surface area (Å²) in [5.41, 5.74) is 4.15. The van der Waals surface area contributed by atoms with Crippen LogP contribution in [0.3, 0.4) is 0 Å². The van der Waals surface area contributed by atoms with Crippen LogP contribution in [0.4, 0.5) is 0 Å². The lowest BCUT2D eigenvalue weighted by Gasteiger charge is -2.08. The molecule has 0 atom stereocenters. The van der Waals surface area contributed by atoms with Gasteiger partial charge in [0.05, 0.1) is 13.2 Å². The summed E-state index contributed by atoms with van der Waals surface area (Å²) < 4.78 is 10.9. The molecule has 2 rings (SSSR count). The topological polar surface area (TPSA) is 35.5 Å². The largest absolute Gasteiger partial charge is 0.494 e. The van der Waals surface area contributed by atoms with Crippen LogP contribution in [0.2, 0.25) is 0 Å². The van der Waals surface area contributed by atoms with Gasteiger partial charge in [-0.3, -0.25) is 0 Å². The Morgan fingerprint density at radius 3 is 1.93 bits per heavy atom. The van der Waals surface area contributed by atoms with Gasteiger partial charge in [0.2, 0.25) is 0 Å². The Hall–Kier alpha value is -2.55. The Morgan fingerprint density at radius 2 is 1.33 bits per heavy atom. The Kier molecular flexibility index (Phi) is 8.63. The molecule has 0 heterocycles. The molecule has 0 fully saturated rings. The number of esters is 1. The van der Waals surface area contributed by atoms with Crippen LogP contribution in [0.25, 0.3) is 11.1 Å². The van der Waals surface area contributed by atoms with E-state index in [1.807, 2.05) is 12.1 Å². The Morgan fingerprint density at radius 1 is 0.815 bits per heavy atom. The van der Waals surface area contributed by atoms with Gasteiger partial charge >= 0.3 is 5.97 Å². The van der Waals surface area contributed by atoms with Gasteiger partial charge in [-0.05, 0) is 49.9 Å². The van der Waals surface area contributed by atoms with Crippen molar-refractivity contribution in [2.24, 2.45) is 0 Å². The molecule has 3 heteroatoms. The highest BCUT2D eigenvalue weighted by Crippen LogP contribution is 2.23. The average Bonchev–Trinajstić information content (AvgIpc) is 2.67. The van der Waals surface area contributed by atoms with E-state index in [9.17, 15) is 4.79 Å². The summed E-state index contributed by atoms with van der Waals surface area (Å²) in [5.74, 6) is 0.620. The summed E-state index contributed by atoms with van der Waals surface area (Å²) in [5, 5.41) is 0. The molecule has 144 valence electrons. The van der Waals surface area contributed by atoms with Crippen LogP contribution in [0.5, 0.6) is 5.75 Å². The standard InChI is InChI=1S/C24H30O3/c1-19(2)24(25)27-18-8-6-4-5-7-17-26-23-15-13-22(14-16-23)21-11-9-20(3)10-12-21/h9-16H,1,4-8,17-18H2,2-3H3. The van der Waals surface area contributed by atoms with Gasteiger partial charge in [-0.15, -0.1) is 0 Å². The third-order valence-electron chi connectivity index (χ3n) is 4.38. The molecule has 2 aromatic rings. The van der Waals surface area contributed by atoms with Gasteiger partial charge < -0.3 is 9.47 Å². The van der Waals surface area contributed by atoms with Crippen molar-refractivity contribution in [3.8, 4) is 16.9 Å². The van der Waals surface area contributed by atoms with Crippen LogP contribution in [0, 0.1) is 6.92 Å². The second-order valence-electron chi connectivity index (χ2n) is 6.92. The zero-order valence-corrected chi connectivity index (χ0v) is 16.5. The predicted octanol–water partition coefficient (Wildman–Crippen LogP) is 6.11. The first-order valence-electron chi connectivity index (χ1n) is 9.69. The number of aryl methyl sites for hydroxylation is 1. The van der Waals surface area contributed by atoms with Gasteiger partial charge in [-0.1, -0.05) is 67.8 Å². The Balaban J connectivity index is 1.56. The fourth-order valence-electron chi connectivity index (χ4n) is 2.70. The smallest absolute Gasteiger partial charge is 0.333 e. The van der Waals surface area contributed by atoms with Crippen molar-refractivity contribution in [3.63, 3.8) is 0 Å². The van der Waals surface area contributed by atoms with Crippen LogP contribution in [-0.4, -0.2) is 19.2 Å². The van der Waals surface area contributed by atoms with E-state index >= 15 is 0 Å². The minimum atomic E-state index is -0.295. The van der Waals surface area contributed by atoms with Gasteiger partial charge in [0.15, 0.2) is 0 Å². The lowest BCUT2D eigenvalue weighted by Crippen LogP contribution is -2.06. The molecule has 0 N–H and O–H groups in total. The first-order chi connectivity index (χ1) is 13.1. The maximum absolute atomic E-state index is 11.2. The second kappa shape index (κ2) is 11.2. The first kappa shape index (κ1) is 20.8. The Labute approximate surface area is 163 Å². The van der Waals surface area contributed by atoms with E-state index in [0.29, 0.717) is 12.2 Å². The van der Waals surface area contributed by atoms with E-state index in [4.69, 9.17) is 9.47 Å². The molecule has 0 saturated carbocycles. The lowest BCUT2D eigenvalue weighted by molar-refractivity contribution is -0.139. The molecule has 0 unspecified atom stereocenters. The third-order valence-corrected chi connectivity index (χ3v) is 4.38. The summed E-state index contributed by atoms with van der Waals surface area (Å²) in [7, 11) is 0. The van der Waals surface area contributed by atoms with E-state index < -0.39 is 0 Å². The van der Waals surface area contributed by atoms with Crippen molar-refractivity contribution in [2.45, 2.75) is 46.0 Å². The number of hydrogen-bond acceptors (Lipinski definition) is 3. The molecule has 0 aliphatic heterocycles. The monoisotopic (exact) mass is 366 g/mol. The van der Waals surface area contributed by atoms with Crippen molar-refractivity contribution in [2.75, 3.05) is 13.2 Å². The number of benzene rings is 2. The van der Waals surface area contributed by atoms with Gasteiger partial charge in [-0.25, -0.2) is 4.79 Å². The van der Waals surface area contributed by atoms with Crippen LogP contribution in [0.15, 0.2) is 60.7 Å². The van der Waals surface area contributed by atoms with Crippen molar-refractivity contribution in [1.82, 2.24) is 0 Å². The molecular formula is C24H30O3. The molecule has 0 bridgehead atoms. The zero-order chi connectivity index (χ0) is 19.5. The molecule has 0 amide bonds. The summed E-state index contributed by atoms with van der Waals surface area (Å²) >= 11 is 0. The second-order valence-corrected chi connectivity index (χ2v) is 6.92. The van der Waals surface area contributed by atoms with Gasteiger partial charge in [-0.2, -0.15) is 0 Å². The predicted molar refractivity (Wildman–Crippen MR) is 111 cm³/mol. The fraction of sp³-hybridized carbons (Fsp3) is 0.375. The third kappa shape index (κ3) is 7.69. The average molecular weight is 367 g/mol. The minimum Gasteiger partial charge on any atom is -0.494 e. The molecule has 0 radical (unpaired) electrons. The molecular weight excluding hydrogens is 336 g/mol. The molecule has 0 aromatic heterocycles. The molecule has 2 aromatic carbocycles. The fourth-order valence-corrected chi connectivity index (χ4v) is 2.70. The van der Waals surface area contributed by atoms with Crippen LogP contribution < -0.4 is 4.74 Å². The first-order valence-corrected chi connectivity index (χ1v) is 9.69. The van der Waals surface area contributed by atoms with Crippen molar-refractivity contribution < 1.29 is 14.3 Å². The van der Waals surface area contributed by atoms with Crippen LogP contribution in [-0.2, 0) is 9.53 Å². The van der Waals surface area contributed by atoms with E-state index in [2.05, 4.69) is 49.9 Å². The van der Waals surface area contributed by atoms with Crippen LogP contribution >= 0.6 is 0 Å². The number of hydrogen-bond donors (Lipinski definition) is 0. The number of rotatable bonds is 11. The van der Waals surface area contributed by atoms with Crippen molar-refractivity contribution in [1.29, 1.82) is 0 Å². The quantitative estimate of drug-likeness (QED) is 0.273. The highest BCUT2D eigenvalue weighted by molar-refractivity contribution is 5.86. The van der Waals surface area contributed by atoms with E-state index in [-0.39, 0.29) is 5.97 Å². The lowest BCUT2D eigenvalue weighted by atomic mass is 10.0. The normalized spacial score (nSPS) is 10.4. The van der Waals surface area contributed by atoms with E-state index in [1.54, 1.807) is 6.92 Å². The molecule has 0 aliphatic carbocycles. The number of ether oxygens (including phenoxy) is 2. The van der Waals surface area contributed by atoms with Gasteiger partial charge in [0, 0.05) is 5.57 Å². The Bertz CT molecular complexity index is 714. The maximum atomic E-state index is 11.2. The van der Waals surface area contributed by atoms with Gasteiger partial charge in [0.1, 0.15) is 5.75 Å². The summed E-state index contributed by atoms with van der Waals surface area (Å²) in [6.07, 6.45) is 5.25. The van der Waals surface area contributed by atoms with Crippen molar-refractivity contribution in [3.05, 3.63) is 66.2 Å². The van der Waals surface area contributed by atoms with Gasteiger partial charge in [0.25, 0.3) is 0 Å². The van der Waals surface area contributed by atoms with Crippen molar-refractivity contribution >= 4 is 5.97 Å². The summed E-state index contributed by atoms with van der Waals surface area (Å²) in [6.45, 7) is 8.54. The SMILES string of the molecule is C=C(C)C(=O)OCCCCCCCOc1ccc(-c2ccc(C)cc2)cc1. The zero-order valence-electron chi connectivity index (χ0n) is 16.5. The van der Waals surface area contributed by atoms with E-state index in [1.165, 1.54) is 16.7 Å². The molecule has 27 heavy (non-hydrogen) atoms. The molecule has 0 spiro atoms. The molecule has 3 nitrogen and oxygen atoms in total. The molecule has 0 aliphatic rings. The highest BCUT2D eigenvalue weighted by Gasteiger charge is 2.02. The number of carbonyl (C=O) groups is 1. The minimum absolute atomic E-state index is 0.295. The van der Waals surface area contributed by atoms with E-state index in [0.717, 1.165) is 44.5 Å². The number of unbranched alkanes of at least 4 members (excludes halogenated alkanes) is 4.